The number of likely N-dealkylation sites (tertiary alicyclic amines) is 1. The molecule has 2 aliphatic rings. The highest BCUT2D eigenvalue weighted by atomic mass is 16.5. The lowest BCUT2D eigenvalue weighted by molar-refractivity contribution is -0.143. The number of para-hydroxylation sites is 1. The highest BCUT2D eigenvalue weighted by molar-refractivity contribution is 6.50. The van der Waals surface area contributed by atoms with Gasteiger partial charge in [0.15, 0.2) is 5.54 Å². The molecule has 0 bridgehead atoms. The number of aliphatic hydroxyl groups excluding tert-OH is 1. The fourth-order valence-electron chi connectivity index (χ4n) is 5.10. The zero-order valence-electron chi connectivity index (χ0n) is 20.7. The van der Waals surface area contributed by atoms with E-state index in [2.05, 4.69) is 6.58 Å². The van der Waals surface area contributed by atoms with Crippen LogP contribution in [0.2, 0.25) is 0 Å². The number of amides is 2. The molecule has 0 saturated carbocycles. The van der Waals surface area contributed by atoms with Crippen LogP contribution >= 0.6 is 0 Å². The molecule has 2 aromatic carbocycles. The lowest BCUT2D eigenvalue weighted by Crippen LogP contribution is -2.52. The van der Waals surface area contributed by atoms with Crippen LogP contribution in [0.25, 0.3) is 5.76 Å². The van der Waals surface area contributed by atoms with Crippen LogP contribution in [0.1, 0.15) is 30.0 Å². The quantitative estimate of drug-likeness (QED) is 0.190. The van der Waals surface area contributed by atoms with Crippen molar-refractivity contribution in [2.24, 2.45) is 0 Å². The molecule has 188 valence electrons. The van der Waals surface area contributed by atoms with Crippen LogP contribution in [0.3, 0.4) is 0 Å². The Morgan fingerprint density at radius 2 is 1.92 bits per heavy atom. The first kappa shape index (κ1) is 25.2. The van der Waals surface area contributed by atoms with Gasteiger partial charge in [0.2, 0.25) is 0 Å². The van der Waals surface area contributed by atoms with Crippen LogP contribution in [0.5, 0.6) is 5.75 Å². The first-order valence-electron chi connectivity index (χ1n) is 11.9. The van der Waals surface area contributed by atoms with Gasteiger partial charge >= 0.3 is 0 Å². The molecule has 1 N–H and O–H groups in total. The second-order valence-corrected chi connectivity index (χ2v) is 8.71. The summed E-state index contributed by atoms with van der Waals surface area (Å²) in [6.45, 7) is 8.40. The number of anilines is 1. The standard InChI is InChI=1S/C28H30N2O6/c1-5-15-36-22-13-12-19(17-18(22)3)24(31)23-25(32)26(33)30(14-9-16-35-4)28(23)20-10-7-8-11-21(20)29(6-2)27(28)34/h5,7-8,10-13,17,31H,1,6,9,14-16H2,2-4H3/b24-23-. The summed E-state index contributed by atoms with van der Waals surface area (Å²) < 4.78 is 10.8. The minimum Gasteiger partial charge on any atom is -0.507 e. The molecule has 1 unspecified atom stereocenters. The molecular formula is C28H30N2O6. The summed E-state index contributed by atoms with van der Waals surface area (Å²) in [6.07, 6.45) is 2.04. The van der Waals surface area contributed by atoms with Crippen LogP contribution in [-0.4, -0.2) is 61.0 Å². The maximum Gasteiger partial charge on any atom is 0.296 e. The summed E-state index contributed by atoms with van der Waals surface area (Å²) in [7, 11) is 1.55. The number of ether oxygens (including phenoxy) is 2. The van der Waals surface area contributed by atoms with Crippen molar-refractivity contribution in [1.29, 1.82) is 0 Å². The monoisotopic (exact) mass is 490 g/mol. The maximum atomic E-state index is 14.1. The number of carbonyl (C=O) groups excluding carboxylic acids is 3. The van der Waals surface area contributed by atoms with Gasteiger partial charge in [0.1, 0.15) is 18.1 Å². The summed E-state index contributed by atoms with van der Waals surface area (Å²) >= 11 is 0. The first-order chi connectivity index (χ1) is 17.3. The molecule has 2 amide bonds. The van der Waals surface area contributed by atoms with Gasteiger partial charge in [0.05, 0.1) is 11.3 Å². The number of likely N-dealkylation sites (N-methyl/N-ethyl adjacent to an activating group) is 1. The summed E-state index contributed by atoms with van der Waals surface area (Å²) in [5.41, 5.74) is 0.157. The van der Waals surface area contributed by atoms with Gasteiger partial charge in [-0.3, -0.25) is 14.4 Å². The topological polar surface area (TPSA) is 96.4 Å². The average Bonchev–Trinajstić information content (AvgIpc) is 3.26. The molecule has 8 heteroatoms. The van der Waals surface area contributed by atoms with Crippen LogP contribution in [0.4, 0.5) is 5.69 Å². The third kappa shape index (κ3) is 3.69. The van der Waals surface area contributed by atoms with Crippen molar-refractivity contribution in [2.45, 2.75) is 25.8 Å². The minimum absolute atomic E-state index is 0.111. The van der Waals surface area contributed by atoms with Crippen LogP contribution in [0.15, 0.2) is 60.7 Å². The predicted octanol–water partition coefficient (Wildman–Crippen LogP) is 3.54. The number of carbonyl (C=O) groups is 3. The molecule has 2 aliphatic heterocycles. The molecule has 0 aromatic heterocycles. The Kier molecular flexibility index (Phi) is 6.99. The van der Waals surface area contributed by atoms with Gasteiger partial charge in [-0.2, -0.15) is 0 Å². The van der Waals surface area contributed by atoms with Crippen molar-refractivity contribution in [1.82, 2.24) is 4.90 Å². The van der Waals surface area contributed by atoms with Gasteiger partial charge in [-0.25, -0.2) is 0 Å². The fraction of sp³-hybridized carbons (Fsp3) is 0.321. The van der Waals surface area contributed by atoms with E-state index >= 15 is 0 Å². The third-order valence-electron chi connectivity index (χ3n) is 6.66. The van der Waals surface area contributed by atoms with Gasteiger partial charge in [0, 0.05) is 37.9 Å². The van der Waals surface area contributed by atoms with Crippen molar-refractivity contribution >= 4 is 29.0 Å². The maximum absolute atomic E-state index is 14.1. The number of Topliss-reactive ketones (excluding diaryl/α,β-unsaturated/α-hetero) is 1. The number of aliphatic hydroxyl groups is 1. The predicted molar refractivity (Wildman–Crippen MR) is 136 cm³/mol. The Hall–Kier alpha value is -3.91. The Morgan fingerprint density at radius 1 is 1.17 bits per heavy atom. The second-order valence-electron chi connectivity index (χ2n) is 8.71. The number of hydrogen-bond acceptors (Lipinski definition) is 6. The first-order valence-corrected chi connectivity index (χ1v) is 11.9. The van der Waals surface area contributed by atoms with E-state index in [1.807, 2.05) is 13.8 Å². The molecule has 0 aliphatic carbocycles. The van der Waals surface area contributed by atoms with Gasteiger partial charge in [-0.15, -0.1) is 0 Å². The van der Waals surface area contributed by atoms with E-state index in [1.165, 1.54) is 4.90 Å². The van der Waals surface area contributed by atoms with E-state index < -0.39 is 28.9 Å². The smallest absolute Gasteiger partial charge is 0.296 e. The molecule has 36 heavy (non-hydrogen) atoms. The average molecular weight is 491 g/mol. The van der Waals surface area contributed by atoms with E-state index in [-0.39, 0.29) is 12.1 Å². The zero-order valence-corrected chi connectivity index (χ0v) is 20.7. The Morgan fingerprint density at radius 3 is 2.58 bits per heavy atom. The highest BCUT2D eigenvalue weighted by Gasteiger charge is 2.66. The van der Waals surface area contributed by atoms with Gasteiger partial charge < -0.3 is 24.4 Å². The van der Waals surface area contributed by atoms with Crippen molar-refractivity contribution in [3.8, 4) is 5.75 Å². The third-order valence-corrected chi connectivity index (χ3v) is 6.66. The van der Waals surface area contributed by atoms with Gasteiger partial charge in [-0.1, -0.05) is 30.9 Å². The van der Waals surface area contributed by atoms with Crippen LogP contribution < -0.4 is 9.64 Å². The molecule has 2 aromatic rings. The van der Waals surface area contributed by atoms with E-state index in [0.717, 1.165) is 5.56 Å². The Balaban J connectivity index is 1.96. The molecule has 2 heterocycles. The second kappa shape index (κ2) is 9.99. The lowest BCUT2D eigenvalue weighted by atomic mass is 9.81. The summed E-state index contributed by atoms with van der Waals surface area (Å²) in [4.78, 5) is 43.9. The Bertz CT molecular complexity index is 1270. The normalized spacial score (nSPS) is 20.4. The number of benzene rings is 2. The highest BCUT2D eigenvalue weighted by Crippen LogP contribution is 2.53. The van der Waals surface area contributed by atoms with Gasteiger partial charge in [-0.05, 0) is 50.1 Å². The van der Waals surface area contributed by atoms with Crippen molar-refractivity contribution in [3.63, 3.8) is 0 Å². The number of nitrogens with zero attached hydrogens (tertiary/aromatic N) is 2. The number of fused-ring (bicyclic) bond motifs is 2. The Labute approximate surface area is 210 Å². The zero-order chi connectivity index (χ0) is 26.0. The van der Waals surface area contributed by atoms with Crippen LogP contribution in [-0.2, 0) is 24.7 Å². The fourth-order valence-corrected chi connectivity index (χ4v) is 5.10. The summed E-state index contributed by atoms with van der Waals surface area (Å²) in [6, 6.07) is 12.0. The van der Waals surface area contributed by atoms with E-state index in [0.29, 0.717) is 48.7 Å². The summed E-state index contributed by atoms with van der Waals surface area (Å²) in [5, 5.41) is 11.5. The molecule has 1 saturated heterocycles. The molecule has 0 radical (unpaired) electrons. The van der Waals surface area contributed by atoms with Crippen molar-refractivity contribution in [3.05, 3.63) is 77.4 Å². The molecule has 1 spiro atoms. The number of ketones is 1. The van der Waals surface area contributed by atoms with E-state index in [1.54, 1.807) is 60.6 Å². The largest absolute Gasteiger partial charge is 0.507 e. The van der Waals surface area contributed by atoms with Gasteiger partial charge in [0.25, 0.3) is 17.6 Å². The number of methoxy groups -OCH3 is 1. The summed E-state index contributed by atoms with van der Waals surface area (Å²) in [5.74, 6) is -1.96. The number of rotatable bonds is 9. The van der Waals surface area contributed by atoms with Crippen molar-refractivity contribution in [2.75, 3.05) is 38.3 Å². The molecule has 1 atom stereocenters. The van der Waals surface area contributed by atoms with E-state index in [9.17, 15) is 19.5 Å². The lowest BCUT2D eigenvalue weighted by Gasteiger charge is -2.34. The SMILES string of the molecule is C=CCOc1ccc(/C(O)=C2\C(=O)C(=O)N(CCCOC)C23C(=O)N(CC)c2ccccc23)cc1C. The number of aryl methyl sites for hydroxylation is 1. The van der Waals surface area contributed by atoms with E-state index in [4.69, 9.17) is 9.47 Å². The molecule has 1 fully saturated rings. The molecular weight excluding hydrogens is 460 g/mol. The molecule has 4 rings (SSSR count). The van der Waals surface area contributed by atoms with Crippen molar-refractivity contribution < 1.29 is 29.0 Å². The minimum atomic E-state index is -1.76. The molecule has 8 nitrogen and oxygen atoms in total. The number of hydrogen-bond donors (Lipinski definition) is 1. The van der Waals surface area contributed by atoms with Crippen LogP contribution in [0, 0.1) is 6.92 Å².